The zero-order valence-corrected chi connectivity index (χ0v) is 47.1. The number of carboxylic acids is 2. The van der Waals surface area contributed by atoms with Crippen LogP contribution in [0.2, 0.25) is 0 Å². The molecule has 0 amide bonds. The minimum absolute atomic E-state index is 0. The molecule has 0 fully saturated rings. The Kier molecular flexibility index (Phi) is 15.4. The molecule has 15 nitrogen and oxygen atoms in total. The van der Waals surface area contributed by atoms with Crippen LogP contribution in [0.25, 0.3) is 43.8 Å². The van der Waals surface area contributed by atoms with Crippen LogP contribution in [0, 0.1) is 0 Å². The molecule has 0 radical (unpaired) electrons. The van der Waals surface area contributed by atoms with E-state index in [2.05, 4.69) is 135 Å². The molecule has 0 unspecified atom stereocenters. The Morgan fingerprint density at radius 2 is 0.719 bits per heavy atom. The van der Waals surface area contributed by atoms with Crippen LogP contribution in [-0.4, -0.2) is 40.8 Å². The van der Waals surface area contributed by atoms with Crippen LogP contribution in [0.4, 0.5) is 17.1 Å². The fourth-order valence-corrected chi connectivity index (χ4v) is 12.7. The Balaban J connectivity index is 0.000000155. The first kappa shape index (κ1) is 58.9. The van der Waals surface area contributed by atoms with Crippen molar-refractivity contribution in [3.8, 4) is 22.3 Å². The van der Waals surface area contributed by atoms with E-state index in [1.54, 1.807) is 0 Å². The van der Waals surface area contributed by atoms with Crippen molar-refractivity contribution >= 4 is 62.1 Å². The van der Waals surface area contributed by atoms with Crippen LogP contribution in [0.3, 0.4) is 0 Å². The van der Waals surface area contributed by atoms with Gasteiger partial charge in [0, 0.05) is 41.7 Å². The van der Waals surface area contributed by atoms with E-state index in [-0.39, 0.29) is 51.9 Å². The molecule has 0 saturated carbocycles. The van der Waals surface area contributed by atoms with Crippen molar-refractivity contribution in [3.05, 3.63) is 332 Å². The van der Waals surface area contributed by atoms with Gasteiger partial charge >= 0.3 is 34.4 Å². The summed E-state index contributed by atoms with van der Waals surface area (Å²) in [7, 11) is 1.88. The van der Waals surface area contributed by atoms with Gasteiger partial charge in [-0.1, -0.05) is 165 Å². The van der Waals surface area contributed by atoms with Crippen molar-refractivity contribution in [1.29, 1.82) is 0 Å². The first-order valence-electron chi connectivity index (χ1n) is 27.8. The van der Waals surface area contributed by atoms with Crippen molar-refractivity contribution in [2.75, 3.05) is 23.8 Å². The van der Waals surface area contributed by atoms with Gasteiger partial charge in [-0.15, -0.1) is 0 Å². The number of Topliss-reactive ketones (excluding diaryl/α,β-unsaturated/α-hetero) is 2. The highest BCUT2D eigenvalue weighted by Gasteiger charge is 2.47. The van der Waals surface area contributed by atoms with Gasteiger partial charge in [0.2, 0.25) is 0 Å². The van der Waals surface area contributed by atoms with Gasteiger partial charge in [-0.05, 0) is 140 Å². The minimum atomic E-state index is -1.45. The van der Waals surface area contributed by atoms with Crippen molar-refractivity contribution in [1.82, 2.24) is 0 Å². The lowest BCUT2D eigenvalue weighted by atomic mass is 9.67. The third-order valence-electron chi connectivity index (χ3n) is 16.7. The topological polar surface area (TPSA) is 267 Å². The first-order valence-corrected chi connectivity index (χ1v) is 27.8. The summed E-state index contributed by atoms with van der Waals surface area (Å²) < 4.78 is 8.68. The first-order chi connectivity index (χ1) is 42.4. The number of carbonyl (C=O) groups excluding carboxylic acids is 2. The van der Waals surface area contributed by atoms with Gasteiger partial charge in [-0.25, -0.2) is 28.8 Å². The highest BCUT2D eigenvalue weighted by molar-refractivity contribution is 6.12. The van der Waals surface area contributed by atoms with E-state index in [0.717, 1.165) is 74.7 Å². The number of aromatic carboxylic acids is 2. The van der Waals surface area contributed by atoms with Crippen LogP contribution >= 0.6 is 0 Å². The third-order valence-corrected chi connectivity index (χ3v) is 16.7. The van der Waals surface area contributed by atoms with Crippen molar-refractivity contribution in [2.24, 2.45) is 0 Å². The smallest absolute Gasteiger partial charge is 0.346 e. The third kappa shape index (κ3) is 9.86. The van der Waals surface area contributed by atoms with Crippen molar-refractivity contribution in [3.63, 3.8) is 0 Å². The highest BCUT2D eigenvalue weighted by atomic mass is 16.4. The maximum atomic E-state index is 13.5. The maximum Gasteiger partial charge on any atom is 0.346 e. The molecular weight excluding hydrogens is 1120 g/mol. The molecule has 2 aliphatic rings. The summed E-state index contributed by atoms with van der Waals surface area (Å²) in [5.74, 6) is -4.00. The summed E-state index contributed by atoms with van der Waals surface area (Å²) in [5, 5.41) is 22.4. The van der Waals surface area contributed by atoms with Gasteiger partial charge < -0.3 is 35.8 Å². The van der Waals surface area contributed by atoms with E-state index in [9.17, 15) is 48.6 Å². The molecule has 438 valence electrons. The molecule has 2 aromatic heterocycles. The van der Waals surface area contributed by atoms with Crippen LogP contribution in [0.1, 0.15) is 106 Å². The number of hydrogen-bond acceptors (Lipinski definition) is 13. The molecule has 7 N–H and O–H groups in total. The fraction of sp³-hybridized carbons (Fsp3) is 0.0811. The summed E-state index contributed by atoms with van der Waals surface area (Å²) in [4.78, 5) is 94.1. The minimum Gasteiger partial charge on any atom is -0.478 e. The second-order valence-corrected chi connectivity index (χ2v) is 21.5. The van der Waals surface area contributed by atoms with Gasteiger partial charge in [0.15, 0.2) is 11.6 Å². The number of nitrogens with one attached hydrogen (secondary N) is 1. The number of carboxylic acid groups (broad SMARTS) is 2. The zero-order valence-electron chi connectivity index (χ0n) is 47.1. The number of furan rings is 2. The van der Waals surface area contributed by atoms with E-state index in [4.69, 9.17) is 11.5 Å². The predicted octanol–water partition coefficient (Wildman–Crippen LogP) is 12.5. The molecule has 10 aromatic carbocycles. The monoisotopic (exact) mass is 1180 g/mol. The van der Waals surface area contributed by atoms with Crippen LogP contribution in [0.15, 0.2) is 246 Å². The average molecular weight is 1180 g/mol. The summed E-state index contributed by atoms with van der Waals surface area (Å²) in [6, 6.07) is 70.9. The van der Waals surface area contributed by atoms with Crippen LogP contribution in [0.5, 0.6) is 0 Å². The molecule has 89 heavy (non-hydrogen) atoms. The number of nitrogens with two attached hydrogens (primary N) is 2. The second kappa shape index (κ2) is 23.2. The molecule has 2 heterocycles. The number of carbonyl (C=O) groups is 4. The number of anilines is 3. The molecule has 14 rings (SSSR count). The number of fused-ring (bicyclic) bond motifs is 8. The largest absolute Gasteiger partial charge is 0.478 e. The SMILES string of the molecule is C.CNc1ccc(C2(c3ccc(CC(=O)c4cc(C(C)=O)c(C(=O)O)cc4C(=O)O)cc3)c3ccccc3-c3ccccc32)cc1.Nc1ccc(C2(c3ccc(N)cc3)c3ccccc3-c3ccccc32)cc1.O=c1oc(=O)c2cc3c(=O)oc(=O)c3cc12. The lowest BCUT2D eigenvalue weighted by molar-refractivity contribution is 0.0689. The normalized spacial score (nSPS) is 12.6. The molecule has 0 bridgehead atoms. The predicted molar refractivity (Wildman–Crippen MR) is 344 cm³/mol. The Labute approximate surface area is 508 Å². The molecule has 12 aromatic rings. The van der Waals surface area contributed by atoms with E-state index < -0.39 is 62.5 Å². The molecule has 0 aliphatic heterocycles. The van der Waals surface area contributed by atoms with Crippen molar-refractivity contribution < 1.29 is 38.2 Å². The lowest BCUT2D eigenvalue weighted by Gasteiger charge is -2.34. The second-order valence-electron chi connectivity index (χ2n) is 21.5. The van der Waals surface area contributed by atoms with Crippen molar-refractivity contribution in [2.45, 2.75) is 31.6 Å². The molecule has 2 aliphatic carbocycles. The molecular formula is C74H55N3O12. The van der Waals surface area contributed by atoms with E-state index in [0.29, 0.717) is 5.56 Å². The summed E-state index contributed by atoms with van der Waals surface area (Å²) in [5.41, 5.74) is 23.8. The molecule has 0 atom stereocenters. The summed E-state index contributed by atoms with van der Waals surface area (Å²) in [6.45, 7) is 1.18. The quantitative estimate of drug-likeness (QED) is 0.0595. The number of nitrogen functional groups attached to an aromatic ring is 2. The van der Waals surface area contributed by atoms with E-state index in [1.165, 1.54) is 40.3 Å². The van der Waals surface area contributed by atoms with Gasteiger partial charge in [-0.2, -0.15) is 0 Å². The maximum absolute atomic E-state index is 13.5. The van der Waals surface area contributed by atoms with Gasteiger partial charge in [-0.3, -0.25) is 9.59 Å². The fourth-order valence-electron chi connectivity index (χ4n) is 12.7. The Morgan fingerprint density at radius 1 is 0.416 bits per heavy atom. The molecule has 0 saturated heterocycles. The van der Waals surface area contributed by atoms with E-state index >= 15 is 0 Å². The Bertz CT molecular complexity index is 4750. The Hall–Kier alpha value is -11.8. The van der Waals surface area contributed by atoms with Gasteiger partial charge in [0.25, 0.3) is 0 Å². The number of rotatable bonds is 11. The zero-order chi connectivity index (χ0) is 61.8. The standard InChI is InChI=1S/C38H29NO6.C25H20N2.C10H2O6.CH4/c1-22(40)29-20-30(32(37(44)45)21-31(29)36(42)43)35(41)19-23-11-13-24(14-12-23)38(25-15-17-26(39-2)18-16-25)33-9-5-3-7-27(33)28-8-4-6-10-34(28)38;26-19-13-9-17(10-14-19)25(18-11-15-20(27)16-12-18)23-7-3-1-5-21(23)22-6-2-4-8-24(22)25;11-7-3-1-4-6(10(14)16-8(4)12)2-5(3)9(13)15-7;/h3-18,20-21,39H,19H2,1-2H3,(H,42,43)(H,44,45);1-16H,26-27H2;1-2H;1H4. The highest BCUT2D eigenvalue weighted by Crippen LogP contribution is 2.57. The number of ketones is 2. The summed E-state index contributed by atoms with van der Waals surface area (Å²) >= 11 is 0. The Morgan fingerprint density at radius 3 is 1.04 bits per heavy atom. The van der Waals surface area contributed by atoms with Gasteiger partial charge in [0.1, 0.15) is 0 Å². The lowest BCUT2D eigenvalue weighted by Crippen LogP contribution is -2.28. The number of benzene rings is 10. The molecule has 15 heteroatoms. The summed E-state index contributed by atoms with van der Waals surface area (Å²) in [6.07, 6.45) is -0.138. The number of hydrogen-bond donors (Lipinski definition) is 5. The van der Waals surface area contributed by atoms with E-state index in [1.807, 2.05) is 79.8 Å². The molecule has 0 spiro atoms. The average Bonchev–Trinajstić information content (AvgIpc) is 1.66. The van der Waals surface area contributed by atoms with Crippen LogP contribution in [-0.2, 0) is 17.3 Å². The van der Waals surface area contributed by atoms with Crippen LogP contribution < -0.4 is 39.3 Å². The van der Waals surface area contributed by atoms with Gasteiger partial charge in [0.05, 0.1) is 43.5 Å².